The summed E-state index contributed by atoms with van der Waals surface area (Å²) in [6.07, 6.45) is -1.17. The predicted molar refractivity (Wildman–Crippen MR) is 48.6 cm³/mol. The topological polar surface area (TPSA) is 133 Å². The second-order valence-electron chi connectivity index (χ2n) is 2.72. The molecule has 0 heterocycles. The Hall–Kier alpha value is -0.700. The molecule has 0 aromatic carbocycles. The number of rotatable bonds is 5. The molecule has 0 bridgehead atoms. The second kappa shape index (κ2) is 5.25. The lowest BCUT2D eigenvalue weighted by Crippen LogP contribution is -2.42. The molecule has 0 aromatic rings. The second-order valence-corrected chi connectivity index (χ2v) is 4.41. The van der Waals surface area contributed by atoms with Gasteiger partial charge in [-0.05, 0) is 6.92 Å². The number of hydrogen-bond donors (Lipinski definition) is 3. The summed E-state index contributed by atoms with van der Waals surface area (Å²) in [5.41, 5.74) is 10.1. The number of aliphatic hydroxyl groups is 1. The van der Waals surface area contributed by atoms with Crippen molar-refractivity contribution in [1.29, 1.82) is 0 Å². The van der Waals surface area contributed by atoms with Gasteiger partial charge in [0.25, 0.3) is 0 Å². The lowest BCUT2D eigenvalue weighted by Gasteiger charge is -2.12. The van der Waals surface area contributed by atoms with E-state index in [0.717, 1.165) is 0 Å². The third-order valence-electron chi connectivity index (χ3n) is 1.37. The molecule has 0 amide bonds. The van der Waals surface area contributed by atoms with Crippen molar-refractivity contribution in [2.45, 2.75) is 19.1 Å². The summed E-state index contributed by atoms with van der Waals surface area (Å²) in [4.78, 5) is 10.9. The lowest BCUT2D eigenvalue weighted by molar-refractivity contribution is -0.137. The van der Waals surface area contributed by atoms with Gasteiger partial charge in [-0.1, -0.05) is 0 Å². The van der Waals surface area contributed by atoms with Crippen molar-refractivity contribution >= 4 is 16.1 Å². The molecule has 2 atom stereocenters. The van der Waals surface area contributed by atoms with Crippen LogP contribution in [0.2, 0.25) is 0 Å². The minimum atomic E-state index is -3.98. The van der Waals surface area contributed by atoms with Crippen molar-refractivity contribution < 1.29 is 22.5 Å². The van der Waals surface area contributed by atoms with E-state index >= 15 is 0 Å². The molecule has 0 saturated heterocycles. The van der Waals surface area contributed by atoms with E-state index in [2.05, 4.69) is 4.18 Å². The standard InChI is InChI=1S/C6H14N2O5S/c1-4(9)5(8)6(10)13-14(11,12)3-2-7/h4-5,9H,2-3,7-8H2,1H3/t4-,5+/m1/s1. The number of carbonyl (C=O) groups excluding carboxylic acids is 1. The van der Waals surface area contributed by atoms with E-state index in [1.54, 1.807) is 0 Å². The zero-order valence-electron chi connectivity index (χ0n) is 7.71. The molecule has 7 nitrogen and oxygen atoms in total. The van der Waals surface area contributed by atoms with Crippen LogP contribution in [0.5, 0.6) is 0 Å². The number of hydrogen-bond acceptors (Lipinski definition) is 7. The molecule has 0 unspecified atom stereocenters. The Morgan fingerprint density at radius 1 is 1.57 bits per heavy atom. The third-order valence-corrected chi connectivity index (χ3v) is 2.52. The van der Waals surface area contributed by atoms with Crippen LogP contribution in [-0.2, 0) is 19.1 Å². The maximum Gasteiger partial charge on any atom is 0.341 e. The molecule has 5 N–H and O–H groups in total. The number of carbonyl (C=O) groups is 1. The van der Waals surface area contributed by atoms with Crippen molar-refractivity contribution in [3.8, 4) is 0 Å². The highest BCUT2D eigenvalue weighted by Gasteiger charge is 2.25. The van der Waals surface area contributed by atoms with Gasteiger partial charge in [0.05, 0.1) is 11.9 Å². The molecule has 84 valence electrons. The van der Waals surface area contributed by atoms with Crippen molar-refractivity contribution in [3.05, 3.63) is 0 Å². The van der Waals surface area contributed by atoms with Gasteiger partial charge < -0.3 is 20.8 Å². The van der Waals surface area contributed by atoms with Crippen LogP contribution in [0, 0.1) is 0 Å². The van der Waals surface area contributed by atoms with Gasteiger partial charge >= 0.3 is 16.1 Å². The van der Waals surface area contributed by atoms with Crippen molar-refractivity contribution in [2.24, 2.45) is 11.5 Å². The first kappa shape index (κ1) is 13.3. The largest absolute Gasteiger partial charge is 0.391 e. The molecule has 0 aromatic heterocycles. The van der Waals surface area contributed by atoms with Crippen LogP contribution in [0.3, 0.4) is 0 Å². The summed E-state index contributed by atoms with van der Waals surface area (Å²) in [6, 6.07) is -1.37. The fourth-order valence-electron chi connectivity index (χ4n) is 0.564. The minimum absolute atomic E-state index is 0.153. The van der Waals surface area contributed by atoms with E-state index in [-0.39, 0.29) is 6.54 Å². The highest BCUT2D eigenvalue weighted by Crippen LogP contribution is 1.98. The number of aliphatic hydroxyl groups excluding tert-OH is 1. The first-order valence-electron chi connectivity index (χ1n) is 3.90. The average molecular weight is 226 g/mol. The van der Waals surface area contributed by atoms with Gasteiger partial charge in [0, 0.05) is 6.54 Å². The van der Waals surface area contributed by atoms with Crippen LogP contribution in [0.1, 0.15) is 6.92 Å². The average Bonchev–Trinajstić information content (AvgIpc) is 2.01. The summed E-state index contributed by atoms with van der Waals surface area (Å²) in [6.45, 7) is 1.10. The molecule has 0 aliphatic rings. The van der Waals surface area contributed by atoms with Crippen LogP contribution in [-0.4, -0.2) is 43.9 Å². The Bertz CT molecular complexity index is 287. The summed E-state index contributed by atoms with van der Waals surface area (Å²) in [5.74, 6) is -1.65. The molecule has 0 aliphatic heterocycles. The quantitative estimate of drug-likeness (QED) is 0.442. The predicted octanol–water partition coefficient (Wildman–Crippen LogP) is -2.47. The molecular weight excluding hydrogens is 212 g/mol. The molecule has 0 fully saturated rings. The molecule has 0 saturated carbocycles. The van der Waals surface area contributed by atoms with Gasteiger partial charge in [-0.25, -0.2) is 4.79 Å². The SMILES string of the molecule is C[C@@H](O)[C@H](N)C(=O)OS(=O)(=O)CCN. The maximum atomic E-state index is 10.9. The van der Waals surface area contributed by atoms with Crippen LogP contribution in [0.15, 0.2) is 0 Å². The van der Waals surface area contributed by atoms with E-state index in [4.69, 9.17) is 16.6 Å². The highest BCUT2D eigenvalue weighted by molar-refractivity contribution is 7.87. The van der Waals surface area contributed by atoms with E-state index in [1.165, 1.54) is 6.92 Å². The summed E-state index contributed by atoms with van der Waals surface area (Å²) in [5, 5.41) is 8.87. The summed E-state index contributed by atoms with van der Waals surface area (Å²) >= 11 is 0. The van der Waals surface area contributed by atoms with Gasteiger partial charge in [0.2, 0.25) is 0 Å². The van der Waals surface area contributed by atoms with Gasteiger partial charge in [-0.3, -0.25) is 0 Å². The molecule has 14 heavy (non-hydrogen) atoms. The van der Waals surface area contributed by atoms with Crippen molar-refractivity contribution in [2.75, 3.05) is 12.3 Å². The Morgan fingerprint density at radius 3 is 2.43 bits per heavy atom. The van der Waals surface area contributed by atoms with Crippen molar-refractivity contribution in [1.82, 2.24) is 0 Å². The fourth-order valence-corrected chi connectivity index (χ4v) is 1.30. The zero-order chi connectivity index (χ0) is 11.4. The Kier molecular flexibility index (Phi) is 4.99. The van der Waals surface area contributed by atoms with Gasteiger partial charge in [-0.2, -0.15) is 8.42 Å². The minimum Gasteiger partial charge on any atom is -0.391 e. The van der Waals surface area contributed by atoms with Gasteiger partial charge in [-0.15, -0.1) is 0 Å². The Morgan fingerprint density at radius 2 is 2.07 bits per heavy atom. The summed E-state index contributed by atoms with van der Waals surface area (Å²) in [7, 11) is -3.98. The molecule has 0 radical (unpaired) electrons. The van der Waals surface area contributed by atoms with E-state index < -0.39 is 34.0 Å². The molecule has 0 rings (SSSR count). The maximum absolute atomic E-state index is 10.9. The van der Waals surface area contributed by atoms with Gasteiger partial charge in [0.15, 0.2) is 0 Å². The molecule has 0 spiro atoms. The molecule has 0 aliphatic carbocycles. The summed E-state index contributed by atoms with van der Waals surface area (Å²) < 4.78 is 25.9. The monoisotopic (exact) mass is 226 g/mol. The lowest BCUT2D eigenvalue weighted by atomic mass is 10.2. The zero-order valence-corrected chi connectivity index (χ0v) is 8.53. The highest BCUT2D eigenvalue weighted by atomic mass is 32.2. The van der Waals surface area contributed by atoms with Crippen molar-refractivity contribution in [3.63, 3.8) is 0 Å². The fraction of sp³-hybridized carbons (Fsp3) is 0.833. The van der Waals surface area contributed by atoms with Crippen LogP contribution in [0.4, 0.5) is 0 Å². The Balaban J connectivity index is 4.33. The van der Waals surface area contributed by atoms with Crippen LogP contribution in [0.25, 0.3) is 0 Å². The first-order chi connectivity index (χ1) is 6.30. The normalized spacial score (nSPS) is 16.0. The van der Waals surface area contributed by atoms with Crippen LogP contribution >= 0.6 is 0 Å². The first-order valence-corrected chi connectivity index (χ1v) is 5.47. The van der Waals surface area contributed by atoms with E-state index in [0.29, 0.717) is 0 Å². The van der Waals surface area contributed by atoms with Crippen LogP contribution < -0.4 is 11.5 Å². The van der Waals surface area contributed by atoms with E-state index in [9.17, 15) is 13.2 Å². The third kappa shape index (κ3) is 4.51. The van der Waals surface area contributed by atoms with E-state index in [1.807, 2.05) is 0 Å². The molecule has 8 heteroatoms. The number of nitrogens with two attached hydrogens (primary N) is 2. The molecular formula is C6H14N2O5S. The van der Waals surface area contributed by atoms with Gasteiger partial charge in [0.1, 0.15) is 6.04 Å². The Labute approximate surface area is 82.1 Å². The smallest absolute Gasteiger partial charge is 0.341 e.